The molecule has 0 spiro atoms. The maximum absolute atomic E-state index is 12.3. The van der Waals surface area contributed by atoms with Gasteiger partial charge in [-0.15, -0.1) is 0 Å². The lowest BCUT2D eigenvalue weighted by atomic mass is 9.99. The standard InChI is InChI=1S/C17H18O2/c1-2-17-15(8-9-19-17)16(18)11-12-6-7-13-4-3-5-14(13)10-12/h6-10H,2-5,11H2,1H3. The van der Waals surface area contributed by atoms with Crippen LogP contribution in [0.25, 0.3) is 0 Å². The fraction of sp³-hybridized carbons (Fsp3) is 0.353. The lowest BCUT2D eigenvalue weighted by Gasteiger charge is -2.04. The number of hydrogen-bond acceptors (Lipinski definition) is 2. The molecule has 0 saturated carbocycles. The van der Waals surface area contributed by atoms with Gasteiger partial charge < -0.3 is 4.42 Å². The summed E-state index contributed by atoms with van der Waals surface area (Å²) in [7, 11) is 0. The number of hydrogen-bond donors (Lipinski definition) is 0. The molecule has 2 nitrogen and oxygen atoms in total. The molecule has 2 heteroatoms. The van der Waals surface area contributed by atoms with Crippen molar-refractivity contribution in [2.75, 3.05) is 0 Å². The highest BCUT2D eigenvalue weighted by molar-refractivity contribution is 5.98. The molecule has 0 radical (unpaired) electrons. The molecule has 1 aromatic carbocycles. The van der Waals surface area contributed by atoms with Gasteiger partial charge in [-0.1, -0.05) is 25.1 Å². The minimum atomic E-state index is 0.156. The zero-order valence-corrected chi connectivity index (χ0v) is 11.2. The maximum Gasteiger partial charge on any atom is 0.170 e. The Morgan fingerprint density at radius 2 is 2.05 bits per heavy atom. The average molecular weight is 254 g/mol. The number of furan rings is 1. The summed E-state index contributed by atoms with van der Waals surface area (Å²) >= 11 is 0. The number of benzene rings is 1. The molecule has 0 atom stereocenters. The summed E-state index contributed by atoms with van der Waals surface area (Å²) in [5.41, 5.74) is 4.74. The predicted molar refractivity (Wildman–Crippen MR) is 74.6 cm³/mol. The number of aryl methyl sites for hydroxylation is 3. The highest BCUT2D eigenvalue weighted by Gasteiger charge is 2.16. The van der Waals surface area contributed by atoms with E-state index in [0.29, 0.717) is 6.42 Å². The first-order chi connectivity index (χ1) is 9.28. The van der Waals surface area contributed by atoms with Gasteiger partial charge in [0.15, 0.2) is 5.78 Å². The topological polar surface area (TPSA) is 30.2 Å². The van der Waals surface area contributed by atoms with E-state index in [1.165, 1.54) is 24.0 Å². The Balaban J connectivity index is 1.80. The zero-order chi connectivity index (χ0) is 13.2. The van der Waals surface area contributed by atoms with Gasteiger partial charge in [0.2, 0.25) is 0 Å². The summed E-state index contributed by atoms with van der Waals surface area (Å²) in [4.78, 5) is 12.3. The van der Waals surface area contributed by atoms with Gasteiger partial charge in [-0.25, -0.2) is 0 Å². The predicted octanol–water partition coefficient (Wildman–Crippen LogP) is 3.76. The second kappa shape index (κ2) is 5.04. The van der Waals surface area contributed by atoms with Crippen molar-refractivity contribution in [1.29, 1.82) is 0 Å². The molecule has 0 bridgehead atoms. The van der Waals surface area contributed by atoms with Crippen LogP contribution < -0.4 is 0 Å². The van der Waals surface area contributed by atoms with E-state index in [4.69, 9.17) is 4.42 Å². The Bertz CT molecular complexity index is 607. The summed E-state index contributed by atoms with van der Waals surface area (Å²) in [6.45, 7) is 2.00. The van der Waals surface area contributed by atoms with E-state index in [-0.39, 0.29) is 5.78 Å². The van der Waals surface area contributed by atoms with Gasteiger partial charge in [-0.05, 0) is 42.0 Å². The van der Waals surface area contributed by atoms with Crippen LogP contribution in [0.5, 0.6) is 0 Å². The first-order valence-corrected chi connectivity index (χ1v) is 6.98. The molecule has 3 rings (SSSR count). The van der Waals surface area contributed by atoms with Crippen LogP contribution in [0.15, 0.2) is 34.9 Å². The first-order valence-electron chi connectivity index (χ1n) is 6.98. The molecule has 0 fully saturated rings. The Morgan fingerprint density at radius 1 is 1.21 bits per heavy atom. The molecule has 0 amide bonds. The van der Waals surface area contributed by atoms with Gasteiger partial charge in [0.05, 0.1) is 11.8 Å². The number of ketones is 1. The van der Waals surface area contributed by atoms with Crippen LogP contribution >= 0.6 is 0 Å². The summed E-state index contributed by atoms with van der Waals surface area (Å²) in [5, 5.41) is 0. The van der Waals surface area contributed by atoms with Crippen molar-refractivity contribution in [3.8, 4) is 0 Å². The highest BCUT2D eigenvalue weighted by atomic mass is 16.3. The lowest BCUT2D eigenvalue weighted by molar-refractivity contribution is 0.0991. The molecule has 19 heavy (non-hydrogen) atoms. The molecule has 1 aromatic heterocycles. The van der Waals surface area contributed by atoms with Gasteiger partial charge in [-0.2, -0.15) is 0 Å². The molecular formula is C17H18O2. The molecule has 1 heterocycles. The summed E-state index contributed by atoms with van der Waals surface area (Å²) in [5.74, 6) is 0.953. The smallest absolute Gasteiger partial charge is 0.170 e. The number of rotatable bonds is 4. The van der Waals surface area contributed by atoms with E-state index in [9.17, 15) is 4.79 Å². The third kappa shape index (κ3) is 2.35. The third-order valence-electron chi connectivity index (χ3n) is 3.89. The largest absolute Gasteiger partial charge is 0.469 e. The normalized spacial score (nSPS) is 13.5. The Morgan fingerprint density at radius 3 is 2.89 bits per heavy atom. The molecular weight excluding hydrogens is 236 g/mol. The fourth-order valence-corrected chi connectivity index (χ4v) is 2.88. The Kier molecular flexibility index (Phi) is 3.24. The van der Waals surface area contributed by atoms with Gasteiger partial charge in [0.1, 0.15) is 5.76 Å². The van der Waals surface area contributed by atoms with Gasteiger partial charge >= 0.3 is 0 Å². The van der Waals surface area contributed by atoms with Crippen LogP contribution in [0.4, 0.5) is 0 Å². The van der Waals surface area contributed by atoms with Crippen LogP contribution in [0.1, 0.15) is 46.2 Å². The molecule has 0 aliphatic heterocycles. The lowest BCUT2D eigenvalue weighted by Crippen LogP contribution is -2.05. The summed E-state index contributed by atoms with van der Waals surface area (Å²) in [6.07, 6.45) is 6.43. The van der Waals surface area contributed by atoms with Crippen molar-refractivity contribution < 1.29 is 9.21 Å². The maximum atomic E-state index is 12.3. The second-order valence-corrected chi connectivity index (χ2v) is 5.17. The van der Waals surface area contributed by atoms with Gasteiger partial charge in [0, 0.05) is 12.8 Å². The van der Waals surface area contributed by atoms with Crippen LogP contribution in [-0.4, -0.2) is 5.78 Å². The molecule has 2 aromatic rings. The monoisotopic (exact) mass is 254 g/mol. The minimum absolute atomic E-state index is 0.156. The Labute approximate surface area is 113 Å². The SMILES string of the molecule is CCc1occc1C(=O)Cc1ccc2c(c1)CCC2. The van der Waals surface area contributed by atoms with Gasteiger partial charge in [-0.3, -0.25) is 4.79 Å². The highest BCUT2D eigenvalue weighted by Crippen LogP contribution is 2.24. The van der Waals surface area contributed by atoms with Gasteiger partial charge in [0.25, 0.3) is 0 Å². The van der Waals surface area contributed by atoms with E-state index < -0.39 is 0 Å². The zero-order valence-electron chi connectivity index (χ0n) is 11.2. The van der Waals surface area contributed by atoms with E-state index in [0.717, 1.165) is 29.7 Å². The molecule has 0 unspecified atom stereocenters. The number of carbonyl (C=O) groups excluding carboxylic acids is 1. The summed E-state index contributed by atoms with van der Waals surface area (Å²) in [6, 6.07) is 8.26. The van der Waals surface area contributed by atoms with Crippen molar-refractivity contribution in [2.24, 2.45) is 0 Å². The second-order valence-electron chi connectivity index (χ2n) is 5.17. The average Bonchev–Trinajstić information content (AvgIpc) is 3.06. The molecule has 1 aliphatic rings. The van der Waals surface area contributed by atoms with Crippen molar-refractivity contribution in [3.63, 3.8) is 0 Å². The van der Waals surface area contributed by atoms with Crippen molar-refractivity contribution in [3.05, 3.63) is 58.5 Å². The fourth-order valence-electron chi connectivity index (χ4n) is 2.88. The first kappa shape index (κ1) is 12.2. The van der Waals surface area contributed by atoms with E-state index in [1.54, 1.807) is 12.3 Å². The van der Waals surface area contributed by atoms with Crippen molar-refractivity contribution >= 4 is 5.78 Å². The number of Topliss-reactive ketones (excluding diaryl/α,β-unsaturated/α-hetero) is 1. The van der Waals surface area contributed by atoms with E-state index in [1.807, 2.05) is 6.92 Å². The Hall–Kier alpha value is -1.83. The quantitative estimate of drug-likeness (QED) is 0.778. The van der Waals surface area contributed by atoms with E-state index >= 15 is 0 Å². The van der Waals surface area contributed by atoms with Crippen LogP contribution in [0, 0.1) is 0 Å². The number of carbonyl (C=O) groups is 1. The summed E-state index contributed by atoms with van der Waals surface area (Å²) < 4.78 is 5.33. The van der Waals surface area contributed by atoms with E-state index in [2.05, 4.69) is 18.2 Å². The van der Waals surface area contributed by atoms with Crippen molar-refractivity contribution in [1.82, 2.24) is 0 Å². The van der Waals surface area contributed by atoms with Crippen molar-refractivity contribution in [2.45, 2.75) is 39.0 Å². The molecule has 1 aliphatic carbocycles. The van der Waals surface area contributed by atoms with Crippen LogP contribution in [0.3, 0.4) is 0 Å². The van der Waals surface area contributed by atoms with Crippen LogP contribution in [-0.2, 0) is 25.7 Å². The molecule has 0 saturated heterocycles. The molecule has 0 N–H and O–H groups in total. The minimum Gasteiger partial charge on any atom is -0.469 e. The third-order valence-corrected chi connectivity index (χ3v) is 3.89. The molecule has 98 valence electrons. The number of fused-ring (bicyclic) bond motifs is 1. The van der Waals surface area contributed by atoms with Crippen LogP contribution in [0.2, 0.25) is 0 Å².